The van der Waals surface area contributed by atoms with Gasteiger partial charge in [-0.15, -0.1) is 0 Å². The van der Waals surface area contributed by atoms with Crippen molar-refractivity contribution in [3.63, 3.8) is 0 Å². The van der Waals surface area contributed by atoms with Gasteiger partial charge >= 0.3 is 0 Å². The smallest absolute Gasteiger partial charge is 0.293 e. The number of carbonyl (C=O) groups is 2. The van der Waals surface area contributed by atoms with Crippen LogP contribution in [0.2, 0.25) is 5.02 Å². The van der Waals surface area contributed by atoms with E-state index < -0.39 is 16.9 Å². The zero-order valence-electron chi connectivity index (χ0n) is 15.4. The van der Waals surface area contributed by atoms with Gasteiger partial charge in [-0.25, -0.2) is 4.98 Å². The van der Waals surface area contributed by atoms with Gasteiger partial charge in [0.1, 0.15) is 11.5 Å². The number of halogens is 1. The molecule has 3 rings (SSSR count). The second kappa shape index (κ2) is 8.66. The summed E-state index contributed by atoms with van der Waals surface area (Å²) in [5.74, 6) is -0.933. The first-order chi connectivity index (χ1) is 13.8. The van der Waals surface area contributed by atoms with Gasteiger partial charge < -0.3 is 9.88 Å². The molecule has 0 aliphatic rings. The molecule has 0 aliphatic carbocycles. The van der Waals surface area contributed by atoms with Crippen molar-refractivity contribution in [1.82, 2.24) is 9.55 Å². The molecule has 1 amide bonds. The van der Waals surface area contributed by atoms with Gasteiger partial charge in [-0.05, 0) is 36.2 Å². The van der Waals surface area contributed by atoms with Gasteiger partial charge in [0.2, 0.25) is 5.91 Å². The topological polar surface area (TPSA) is 107 Å². The molecule has 1 unspecified atom stereocenters. The molecule has 0 saturated heterocycles. The van der Waals surface area contributed by atoms with E-state index in [4.69, 9.17) is 11.6 Å². The van der Waals surface area contributed by atoms with Crippen molar-refractivity contribution >= 4 is 34.7 Å². The Balaban J connectivity index is 2.05. The Morgan fingerprint density at radius 3 is 2.62 bits per heavy atom. The molecule has 0 bridgehead atoms. The first-order valence-corrected chi connectivity index (χ1v) is 9.03. The SMILES string of the molecule is CC(=O)CC(=O)Nc1ccc(C(c2cccc(Cl)c2)n2ccnc2)cc1[N+](=O)[O-]. The number of rotatable bonds is 7. The summed E-state index contributed by atoms with van der Waals surface area (Å²) in [6, 6.07) is 11.3. The minimum absolute atomic E-state index is 0.0282. The molecule has 9 heteroatoms. The first-order valence-electron chi connectivity index (χ1n) is 8.65. The number of benzene rings is 2. The predicted octanol–water partition coefficient (Wildman–Crippen LogP) is 4.00. The van der Waals surface area contributed by atoms with Crippen molar-refractivity contribution in [2.75, 3.05) is 5.32 Å². The summed E-state index contributed by atoms with van der Waals surface area (Å²) in [4.78, 5) is 38.1. The maximum absolute atomic E-state index is 11.9. The third kappa shape index (κ3) is 4.85. The van der Waals surface area contributed by atoms with Crippen LogP contribution in [0.1, 0.15) is 30.5 Å². The molecule has 0 fully saturated rings. The summed E-state index contributed by atoms with van der Waals surface area (Å²) in [7, 11) is 0. The third-order valence-electron chi connectivity index (χ3n) is 4.21. The largest absolute Gasteiger partial charge is 0.326 e. The van der Waals surface area contributed by atoms with E-state index in [1.54, 1.807) is 47.6 Å². The van der Waals surface area contributed by atoms with Gasteiger partial charge in [0, 0.05) is 23.5 Å². The number of hydrogen-bond donors (Lipinski definition) is 1. The number of nitro benzene ring substituents is 1. The Labute approximate surface area is 171 Å². The van der Waals surface area contributed by atoms with Crippen LogP contribution in [0, 0.1) is 10.1 Å². The molecule has 29 heavy (non-hydrogen) atoms. The van der Waals surface area contributed by atoms with Crippen LogP contribution in [-0.4, -0.2) is 26.2 Å². The lowest BCUT2D eigenvalue weighted by atomic mass is 9.97. The summed E-state index contributed by atoms with van der Waals surface area (Å²) >= 11 is 6.14. The van der Waals surface area contributed by atoms with Crippen molar-refractivity contribution in [3.05, 3.63) is 87.4 Å². The summed E-state index contributed by atoms with van der Waals surface area (Å²) < 4.78 is 1.80. The number of aromatic nitrogens is 2. The fourth-order valence-electron chi connectivity index (χ4n) is 3.03. The van der Waals surface area contributed by atoms with E-state index in [1.165, 1.54) is 19.1 Å². The van der Waals surface area contributed by atoms with Gasteiger partial charge in [0.15, 0.2) is 0 Å². The number of Topliss-reactive ketones (excluding diaryl/α,β-unsaturated/α-hetero) is 1. The molecule has 2 aromatic carbocycles. The number of nitro groups is 1. The van der Waals surface area contributed by atoms with Crippen molar-refractivity contribution in [2.24, 2.45) is 0 Å². The van der Waals surface area contributed by atoms with E-state index in [-0.39, 0.29) is 23.6 Å². The minimum Gasteiger partial charge on any atom is -0.326 e. The van der Waals surface area contributed by atoms with Gasteiger partial charge in [0.05, 0.1) is 23.7 Å². The Morgan fingerprint density at radius 1 is 1.24 bits per heavy atom. The summed E-state index contributed by atoms with van der Waals surface area (Å²) in [6.45, 7) is 1.28. The number of amides is 1. The zero-order valence-corrected chi connectivity index (χ0v) is 16.2. The van der Waals surface area contributed by atoms with E-state index in [1.807, 2.05) is 6.07 Å². The van der Waals surface area contributed by atoms with Crippen LogP contribution in [0.4, 0.5) is 11.4 Å². The highest BCUT2D eigenvalue weighted by Crippen LogP contribution is 2.33. The second-order valence-corrected chi connectivity index (χ2v) is 6.86. The van der Waals surface area contributed by atoms with E-state index in [0.717, 1.165) is 5.56 Å². The highest BCUT2D eigenvalue weighted by Gasteiger charge is 2.23. The molecule has 0 radical (unpaired) electrons. The van der Waals surface area contributed by atoms with Crippen LogP contribution in [0.25, 0.3) is 0 Å². The van der Waals surface area contributed by atoms with Gasteiger partial charge in [-0.1, -0.05) is 29.8 Å². The van der Waals surface area contributed by atoms with Crippen LogP contribution >= 0.6 is 11.6 Å². The molecule has 0 aliphatic heterocycles. The molecule has 1 N–H and O–H groups in total. The highest BCUT2D eigenvalue weighted by atomic mass is 35.5. The fraction of sp³-hybridized carbons (Fsp3) is 0.150. The number of hydrogen-bond acceptors (Lipinski definition) is 5. The molecule has 8 nitrogen and oxygen atoms in total. The van der Waals surface area contributed by atoms with Crippen molar-refractivity contribution in [1.29, 1.82) is 0 Å². The lowest BCUT2D eigenvalue weighted by molar-refractivity contribution is -0.384. The van der Waals surface area contributed by atoms with E-state index in [2.05, 4.69) is 10.3 Å². The highest BCUT2D eigenvalue weighted by molar-refractivity contribution is 6.30. The van der Waals surface area contributed by atoms with Gasteiger partial charge in [0.25, 0.3) is 5.69 Å². The maximum Gasteiger partial charge on any atom is 0.293 e. The minimum atomic E-state index is -0.602. The monoisotopic (exact) mass is 412 g/mol. The van der Waals surface area contributed by atoms with Crippen molar-refractivity contribution in [3.8, 4) is 0 Å². The lowest BCUT2D eigenvalue weighted by Crippen LogP contribution is -2.16. The molecule has 1 aromatic heterocycles. The summed E-state index contributed by atoms with van der Waals surface area (Å²) in [6.07, 6.45) is 4.63. The number of nitrogens with zero attached hydrogens (tertiary/aromatic N) is 3. The normalized spacial score (nSPS) is 11.7. The van der Waals surface area contributed by atoms with Crippen LogP contribution in [0.15, 0.2) is 61.2 Å². The molecule has 148 valence electrons. The Hall–Kier alpha value is -3.52. The Bertz CT molecular complexity index is 1070. The van der Waals surface area contributed by atoms with Crippen LogP contribution in [0.5, 0.6) is 0 Å². The quantitative estimate of drug-likeness (QED) is 0.358. The fourth-order valence-corrected chi connectivity index (χ4v) is 3.23. The van der Waals surface area contributed by atoms with E-state index in [9.17, 15) is 19.7 Å². The molecular formula is C20H17ClN4O4. The standard InChI is InChI=1S/C20H17ClN4O4/c1-13(26)9-19(27)23-17-6-5-15(11-18(17)25(28)29)20(24-8-7-22-12-24)14-3-2-4-16(21)10-14/h2-8,10-12,20H,9H2,1H3,(H,23,27). The molecular weight excluding hydrogens is 396 g/mol. The van der Waals surface area contributed by atoms with Crippen LogP contribution in [-0.2, 0) is 9.59 Å². The average Bonchev–Trinajstić information content (AvgIpc) is 3.16. The first kappa shape index (κ1) is 20.2. The predicted molar refractivity (Wildman–Crippen MR) is 108 cm³/mol. The second-order valence-electron chi connectivity index (χ2n) is 6.43. The third-order valence-corrected chi connectivity index (χ3v) is 4.44. The Kier molecular flexibility index (Phi) is 6.04. The number of ketones is 1. The zero-order chi connectivity index (χ0) is 21.0. The average molecular weight is 413 g/mol. The number of nitrogens with one attached hydrogen (secondary N) is 1. The molecule has 1 heterocycles. The van der Waals surface area contributed by atoms with Crippen LogP contribution < -0.4 is 5.32 Å². The van der Waals surface area contributed by atoms with E-state index in [0.29, 0.717) is 10.6 Å². The molecule has 3 aromatic rings. The number of imidazole rings is 1. The van der Waals surface area contributed by atoms with Crippen molar-refractivity contribution < 1.29 is 14.5 Å². The van der Waals surface area contributed by atoms with Crippen LogP contribution in [0.3, 0.4) is 0 Å². The van der Waals surface area contributed by atoms with Gasteiger partial charge in [-0.3, -0.25) is 19.7 Å². The maximum atomic E-state index is 11.9. The Morgan fingerprint density at radius 2 is 2.00 bits per heavy atom. The summed E-state index contributed by atoms with van der Waals surface area (Å²) in [5.41, 5.74) is 1.19. The molecule has 1 atom stereocenters. The van der Waals surface area contributed by atoms with Crippen molar-refractivity contribution in [2.45, 2.75) is 19.4 Å². The molecule has 0 saturated carbocycles. The lowest BCUT2D eigenvalue weighted by Gasteiger charge is -2.20. The number of anilines is 1. The van der Waals surface area contributed by atoms with Gasteiger partial charge in [-0.2, -0.15) is 0 Å². The van der Waals surface area contributed by atoms with E-state index >= 15 is 0 Å². The number of carbonyl (C=O) groups excluding carboxylic acids is 2. The summed E-state index contributed by atoms with van der Waals surface area (Å²) in [5, 5.41) is 14.6. The molecule has 0 spiro atoms.